The zero-order valence-electron chi connectivity index (χ0n) is 16.7. The summed E-state index contributed by atoms with van der Waals surface area (Å²) < 4.78 is 44.7. The van der Waals surface area contributed by atoms with Crippen LogP contribution in [0.15, 0.2) is 41.1 Å². The average molecular weight is 459 g/mol. The summed E-state index contributed by atoms with van der Waals surface area (Å²) in [6.45, 7) is 3.55. The first-order valence-electron chi connectivity index (χ1n) is 9.29. The van der Waals surface area contributed by atoms with Gasteiger partial charge in [-0.25, -0.2) is 0 Å². The third-order valence-electron chi connectivity index (χ3n) is 4.58. The molecular weight excluding hydrogens is 445 g/mol. The number of nitrogens with zero attached hydrogens (tertiary/aromatic N) is 5. The molecule has 3 aromatic heterocycles. The van der Waals surface area contributed by atoms with Crippen LogP contribution in [0.1, 0.15) is 35.5 Å². The second-order valence-electron chi connectivity index (χ2n) is 6.98. The summed E-state index contributed by atoms with van der Waals surface area (Å²) in [4.78, 5) is 17.3. The molecule has 0 unspecified atom stereocenters. The average Bonchev–Trinajstić information content (AvgIpc) is 3.16. The Morgan fingerprint density at radius 1 is 1.16 bits per heavy atom. The second-order valence-corrected chi connectivity index (χ2v) is 7.39. The third kappa shape index (κ3) is 4.20. The van der Waals surface area contributed by atoms with Gasteiger partial charge in [0, 0.05) is 12.4 Å². The molecule has 0 saturated heterocycles. The summed E-state index contributed by atoms with van der Waals surface area (Å²) in [5, 5.41) is 11.8. The van der Waals surface area contributed by atoms with E-state index in [0.717, 1.165) is 12.1 Å². The topological polar surface area (TPSA) is 101 Å². The van der Waals surface area contributed by atoms with E-state index in [1.165, 1.54) is 6.20 Å². The first kappa shape index (κ1) is 21.5. The van der Waals surface area contributed by atoms with Crippen molar-refractivity contribution >= 4 is 28.7 Å². The number of alkyl halides is 3. The molecule has 0 bridgehead atoms. The van der Waals surface area contributed by atoms with E-state index in [0.29, 0.717) is 28.3 Å². The lowest BCUT2D eigenvalue weighted by Gasteiger charge is -2.15. The van der Waals surface area contributed by atoms with Crippen molar-refractivity contribution in [1.29, 1.82) is 5.26 Å². The van der Waals surface area contributed by atoms with Crippen molar-refractivity contribution in [2.24, 2.45) is 0 Å². The number of halogens is 4. The molecule has 32 heavy (non-hydrogen) atoms. The van der Waals surface area contributed by atoms with Crippen LogP contribution < -0.4 is 5.32 Å². The Bertz CT molecular complexity index is 1340. The Balaban J connectivity index is 1.69. The third-order valence-corrected chi connectivity index (χ3v) is 4.86. The van der Waals surface area contributed by atoms with Gasteiger partial charge in [0.2, 0.25) is 0 Å². The number of anilines is 1. The molecule has 1 atom stereocenters. The van der Waals surface area contributed by atoms with E-state index in [1.54, 1.807) is 32.2 Å². The van der Waals surface area contributed by atoms with Crippen molar-refractivity contribution in [2.45, 2.75) is 26.1 Å². The maximum Gasteiger partial charge on any atom is 0.416 e. The van der Waals surface area contributed by atoms with Crippen LogP contribution in [0.4, 0.5) is 19.2 Å². The predicted molar refractivity (Wildman–Crippen MR) is 111 cm³/mol. The van der Waals surface area contributed by atoms with Crippen molar-refractivity contribution in [2.75, 3.05) is 5.32 Å². The molecule has 1 aromatic carbocycles. The Hall–Kier alpha value is -3.71. The van der Waals surface area contributed by atoms with Crippen LogP contribution in [-0.2, 0) is 6.18 Å². The largest absolute Gasteiger partial charge is 0.422 e. The minimum atomic E-state index is -4.56. The molecule has 0 saturated carbocycles. The van der Waals surface area contributed by atoms with Crippen LogP contribution in [0, 0.1) is 18.3 Å². The van der Waals surface area contributed by atoms with Crippen LogP contribution >= 0.6 is 11.6 Å². The number of oxazole rings is 1. The van der Waals surface area contributed by atoms with Gasteiger partial charge < -0.3 is 9.73 Å². The molecule has 0 amide bonds. The first-order valence-corrected chi connectivity index (χ1v) is 9.67. The van der Waals surface area contributed by atoms with E-state index in [1.807, 2.05) is 6.07 Å². The van der Waals surface area contributed by atoms with Crippen LogP contribution in [0.5, 0.6) is 0 Å². The highest BCUT2D eigenvalue weighted by Crippen LogP contribution is 2.36. The number of aromatic nitrogens is 4. The minimum Gasteiger partial charge on any atom is -0.422 e. The molecule has 11 heteroatoms. The fourth-order valence-corrected chi connectivity index (χ4v) is 3.32. The number of aryl methyl sites for hydroxylation is 1. The number of hydrogen-bond acceptors (Lipinski definition) is 7. The van der Waals surface area contributed by atoms with E-state index in [9.17, 15) is 13.2 Å². The van der Waals surface area contributed by atoms with Gasteiger partial charge >= 0.3 is 6.18 Å². The summed E-state index contributed by atoms with van der Waals surface area (Å²) >= 11 is 5.97. The van der Waals surface area contributed by atoms with E-state index in [2.05, 4.69) is 25.3 Å². The van der Waals surface area contributed by atoms with E-state index in [-0.39, 0.29) is 22.1 Å². The number of benzene rings is 1. The summed E-state index contributed by atoms with van der Waals surface area (Å²) in [5.41, 5.74) is 1.67. The Morgan fingerprint density at radius 3 is 2.59 bits per heavy atom. The Kier molecular flexibility index (Phi) is 5.44. The number of nitrogens with one attached hydrogen (secondary N) is 1. The Morgan fingerprint density at radius 2 is 1.94 bits per heavy atom. The fraction of sp³-hybridized carbons (Fsp3) is 0.190. The highest BCUT2D eigenvalue weighted by Gasteiger charge is 2.32. The lowest BCUT2D eigenvalue weighted by molar-refractivity contribution is -0.137. The molecule has 0 fully saturated rings. The zero-order valence-corrected chi connectivity index (χ0v) is 17.5. The lowest BCUT2D eigenvalue weighted by atomic mass is 10.1. The summed E-state index contributed by atoms with van der Waals surface area (Å²) in [7, 11) is 0. The van der Waals surface area contributed by atoms with Crippen molar-refractivity contribution in [3.05, 3.63) is 64.2 Å². The number of nitriles is 1. The van der Waals surface area contributed by atoms with Crippen LogP contribution in [0.2, 0.25) is 5.02 Å². The van der Waals surface area contributed by atoms with Crippen molar-refractivity contribution in [3.63, 3.8) is 0 Å². The SMILES string of the molecule is Cc1cnc(-c2ccc(C#N)cn2)c([C@H](C)Nc2nc3cc(C(F)(F)F)cc(Cl)c3o2)n1. The van der Waals surface area contributed by atoms with Gasteiger partial charge in [-0.05, 0) is 38.1 Å². The van der Waals surface area contributed by atoms with Gasteiger partial charge in [0.05, 0.1) is 39.3 Å². The van der Waals surface area contributed by atoms with Gasteiger partial charge in [0.15, 0.2) is 5.58 Å². The van der Waals surface area contributed by atoms with E-state index >= 15 is 0 Å². The van der Waals surface area contributed by atoms with Gasteiger partial charge in [-0.2, -0.15) is 23.4 Å². The van der Waals surface area contributed by atoms with Crippen LogP contribution in [0.25, 0.3) is 22.5 Å². The van der Waals surface area contributed by atoms with Gasteiger partial charge in [-0.1, -0.05) is 11.6 Å². The normalized spacial score (nSPS) is 12.5. The highest BCUT2D eigenvalue weighted by molar-refractivity contribution is 6.34. The number of fused-ring (bicyclic) bond motifs is 1. The van der Waals surface area contributed by atoms with Crippen LogP contribution in [0.3, 0.4) is 0 Å². The zero-order chi connectivity index (χ0) is 23.0. The standard InChI is InChI=1S/C21H14ClF3N6O/c1-10-8-28-18(15-4-3-12(7-26)9-27-15)17(29-10)11(2)30-20-31-16-6-13(21(23,24)25)5-14(22)19(16)32-20/h3-6,8-9,11H,1-2H3,(H,30,31)/t11-/m0/s1. The summed E-state index contributed by atoms with van der Waals surface area (Å²) in [6, 6.07) is 6.43. The highest BCUT2D eigenvalue weighted by atomic mass is 35.5. The van der Waals surface area contributed by atoms with E-state index in [4.69, 9.17) is 21.3 Å². The van der Waals surface area contributed by atoms with Crippen molar-refractivity contribution < 1.29 is 17.6 Å². The molecule has 3 heterocycles. The number of pyridine rings is 1. The molecule has 4 rings (SSSR count). The molecule has 162 valence electrons. The number of hydrogen-bond donors (Lipinski definition) is 1. The molecule has 0 aliphatic carbocycles. The molecule has 7 nitrogen and oxygen atoms in total. The smallest absolute Gasteiger partial charge is 0.416 e. The van der Waals surface area contributed by atoms with Crippen LogP contribution in [-0.4, -0.2) is 19.9 Å². The summed E-state index contributed by atoms with van der Waals surface area (Å²) in [6.07, 6.45) is -1.54. The Labute approximate surface area is 184 Å². The maximum atomic E-state index is 13.1. The maximum absolute atomic E-state index is 13.1. The number of rotatable bonds is 4. The van der Waals surface area contributed by atoms with Gasteiger partial charge in [0.1, 0.15) is 17.3 Å². The monoisotopic (exact) mass is 458 g/mol. The lowest BCUT2D eigenvalue weighted by Crippen LogP contribution is -2.12. The van der Waals surface area contributed by atoms with E-state index < -0.39 is 17.8 Å². The fourth-order valence-electron chi connectivity index (χ4n) is 3.07. The molecule has 0 radical (unpaired) electrons. The molecule has 0 spiro atoms. The predicted octanol–water partition coefficient (Wildman–Crippen LogP) is 5.71. The summed E-state index contributed by atoms with van der Waals surface area (Å²) in [5.74, 6) is 0. The van der Waals surface area contributed by atoms with Gasteiger partial charge in [-0.3, -0.25) is 15.0 Å². The molecule has 0 aliphatic rings. The molecule has 1 N–H and O–H groups in total. The van der Waals surface area contributed by atoms with Crippen molar-refractivity contribution in [1.82, 2.24) is 19.9 Å². The van der Waals surface area contributed by atoms with Crippen molar-refractivity contribution in [3.8, 4) is 17.5 Å². The molecule has 0 aliphatic heterocycles. The molecular formula is C21H14ClF3N6O. The second kappa shape index (κ2) is 8.09. The molecule has 4 aromatic rings. The van der Waals surface area contributed by atoms with Gasteiger partial charge in [0.25, 0.3) is 6.01 Å². The minimum absolute atomic E-state index is 0.0178. The quantitative estimate of drug-likeness (QED) is 0.418. The first-order chi connectivity index (χ1) is 15.2. The van der Waals surface area contributed by atoms with Gasteiger partial charge in [-0.15, -0.1) is 0 Å².